The first-order chi connectivity index (χ1) is 25.2. The number of pyridine rings is 1. The zero-order chi connectivity index (χ0) is 37.3. The molecule has 284 valence electrons. The highest BCUT2D eigenvalue weighted by atomic mass is 19.4. The second-order valence-electron chi connectivity index (χ2n) is 14.5. The monoisotopic (exact) mass is 752 g/mol. The molecule has 3 fully saturated rings. The predicted octanol–water partition coefficient (Wildman–Crippen LogP) is 7.29. The number of halogens is 8. The minimum absolute atomic E-state index is 0.0419. The van der Waals surface area contributed by atoms with Crippen molar-refractivity contribution in [3.8, 4) is 23.0 Å². The van der Waals surface area contributed by atoms with Crippen LogP contribution in [-0.4, -0.2) is 90.1 Å². The lowest BCUT2D eigenvalue weighted by molar-refractivity contribution is -0.340. The minimum atomic E-state index is -5.22. The molecule has 8 rings (SSSR count). The quantitative estimate of drug-likeness (QED) is 0.177. The van der Waals surface area contributed by atoms with E-state index in [1.807, 2.05) is 4.90 Å². The van der Waals surface area contributed by atoms with Crippen LogP contribution in [-0.2, 0) is 11.2 Å². The van der Waals surface area contributed by atoms with Crippen LogP contribution in [0.3, 0.4) is 0 Å². The number of aromatic nitrogens is 3. The maximum absolute atomic E-state index is 17.1. The molecule has 0 bridgehead atoms. The Morgan fingerprint density at radius 1 is 0.943 bits per heavy atom. The molecule has 4 aromatic rings. The molecule has 53 heavy (non-hydrogen) atoms. The number of fused-ring (bicyclic) bond motifs is 3. The molecule has 1 N–H and O–H groups in total. The van der Waals surface area contributed by atoms with Gasteiger partial charge in [-0.2, -0.15) is 9.97 Å². The third-order valence-electron chi connectivity index (χ3n) is 10.8. The first-order valence-corrected chi connectivity index (χ1v) is 17.7. The fourth-order valence-electron chi connectivity index (χ4n) is 7.97. The van der Waals surface area contributed by atoms with E-state index in [0.29, 0.717) is 55.9 Å². The molecule has 2 aromatic heterocycles. The van der Waals surface area contributed by atoms with E-state index in [9.17, 15) is 26.3 Å². The highest BCUT2D eigenvalue weighted by Crippen LogP contribution is 2.48. The van der Waals surface area contributed by atoms with Gasteiger partial charge in [-0.25, -0.2) is 13.8 Å². The van der Waals surface area contributed by atoms with Gasteiger partial charge in [0.1, 0.15) is 17.0 Å². The number of nitrogens with one attached hydrogen (secondary N) is 1. The fourth-order valence-corrected chi connectivity index (χ4v) is 7.97. The molecule has 0 unspecified atom stereocenters. The van der Waals surface area contributed by atoms with Crippen LogP contribution in [0.5, 0.6) is 11.8 Å². The number of rotatable bonds is 9. The van der Waals surface area contributed by atoms with Gasteiger partial charge < -0.3 is 19.7 Å². The summed E-state index contributed by atoms with van der Waals surface area (Å²) in [6.45, 7) is 4.44. The van der Waals surface area contributed by atoms with Gasteiger partial charge in [0.05, 0.1) is 23.8 Å². The van der Waals surface area contributed by atoms with E-state index in [0.717, 1.165) is 25.3 Å². The molecule has 9 nitrogen and oxygen atoms in total. The normalized spacial score (nSPS) is 23.0. The number of nitrogens with zero attached hydrogens (tertiary/aromatic N) is 5. The smallest absolute Gasteiger partial charge is 0.463 e. The lowest BCUT2D eigenvalue weighted by Crippen LogP contribution is -2.56. The lowest BCUT2D eigenvalue weighted by atomic mass is 9.98. The van der Waals surface area contributed by atoms with E-state index >= 15 is 8.78 Å². The molecule has 2 aromatic carbocycles. The van der Waals surface area contributed by atoms with Gasteiger partial charge in [0.25, 0.3) is 0 Å². The van der Waals surface area contributed by atoms with Gasteiger partial charge in [-0.1, -0.05) is 31.2 Å². The van der Waals surface area contributed by atoms with E-state index in [1.54, 1.807) is 0 Å². The highest BCUT2D eigenvalue weighted by Gasteiger charge is 2.47. The summed E-state index contributed by atoms with van der Waals surface area (Å²) in [5, 5.41) is 3.79. The zero-order valence-electron chi connectivity index (χ0n) is 28.6. The first kappa shape index (κ1) is 35.9. The number of ether oxygens (including phenoxy) is 3. The van der Waals surface area contributed by atoms with Crippen LogP contribution in [0.2, 0.25) is 0 Å². The largest absolute Gasteiger partial charge is 0.573 e. The lowest BCUT2D eigenvalue weighted by Gasteiger charge is -2.40. The summed E-state index contributed by atoms with van der Waals surface area (Å²) >= 11 is 0. The number of hydrogen-bond donors (Lipinski definition) is 1. The maximum Gasteiger partial charge on any atom is 0.573 e. The topological polar surface area (TPSA) is 84.9 Å². The third-order valence-corrected chi connectivity index (χ3v) is 10.8. The van der Waals surface area contributed by atoms with E-state index in [1.165, 1.54) is 24.3 Å². The van der Waals surface area contributed by atoms with E-state index in [4.69, 9.17) is 14.7 Å². The van der Waals surface area contributed by atoms with Gasteiger partial charge >= 0.3 is 18.7 Å². The van der Waals surface area contributed by atoms with Gasteiger partial charge in [-0.3, -0.25) is 9.64 Å². The Kier molecular flexibility index (Phi) is 9.04. The van der Waals surface area contributed by atoms with E-state index < -0.39 is 36.2 Å². The van der Waals surface area contributed by atoms with Crippen LogP contribution >= 0.6 is 0 Å². The Morgan fingerprint density at radius 2 is 1.75 bits per heavy atom. The number of alkyl halides is 6. The molecule has 5 heterocycles. The van der Waals surface area contributed by atoms with Crippen LogP contribution in [0.25, 0.3) is 32.9 Å². The third kappa shape index (κ3) is 7.26. The van der Waals surface area contributed by atoms with Crippen LogP contribution in [0.15, 0.2) is 30.3 Å². The zero-order valence-corrected chi connectivity index (χ0v) is 28.6. The van der Waals surface area contributed by atoms with Crippen LogP contribution in [0.1, 0.15) is 44.7 Å². The molecule has 17 heteroatoms. The average molecular weight is 753 g/mol. The van der Waals surface area contributed by atoms with Crippen molar-refractivity contribution in [2.45, 2.75) is 76.4 Å². The Morgan fingerprint density at radius 3 is 2.49 bits per heavy atom. The van der Waals surface area contributed by atoms with Crippen molar-refractivity contribution in [3.05, 3.63) is 47.7 Å². The number of hydrogen-bond acceptors (Lipinski definition) is 9. The van der Waals surface area contributed by atoms with Crippen molar-refractivity contribution < 1.29 is 49.3 Å². The molecular formula is C36H36F8N6O3. The van der Waals surface area contributed by atoms with Gasteiger partial charge in [-0.15, -0.1) is 26.3 Å². The fraction of sp³-hybridized carbons (Fsp3) is 0.528. The van der Waals surface area contributed by atoms with Crippen LogP contribution < -0.4 is 19.7 Å². The van der Waals surface area contributed by atoms with Gasteiger partial charge in [0.15, 0.2) is 17.4 Å². The van der Waals surface area contributed by atoms with E-state index in [-0.39, 0.29) is 70.6 Å². The first-order valence-electron chi connectivity index (χ1n) is 17.7. The second-order valence-corrected chi connectivity index (χ2v) is 14.5. The molecule has 3 aliphatic heterocycles. The molecule has 1 saturated carbocycles. The summed E-state index contributed by atoms with van der Waals surface area (Å²) in [5.74, 6) is -2.88. The number of piperazine rings is 1. The molecule has 2 saturated heterocycles. The number of benzene rings is 2. The Balaban J connectivity index is 1.20. The van der Waals surface area contributed by atoms with Gasteiger partial charge in [0.2, 0.25) is 0 Å². The van der Waals surface area contributed by atoms with Crippen molar-refractivity contribution in [3.63, 3.8) is 0 Å². The highest BCUT2D eigenvalue weighted by molar-refractivity contribution is 6.03. The molecule has 0 amide bonds. The molecule has 4 aliphatic rings. The molecule has 1 aliphatic carbocycles. The number of likely N-dealkylation sites (tertiary alicyclic amines) is 1. The van der Waals surface area contributed by atoms with Crippen molar-refractivity contribution in [1.82, 2.24) is 25.2 Å². The Labute approximate surface area is 298 Å². The van der Waals surface area contributed by atoms with Crippen LogP contribution in [0, 0.1) is 17.0 Å². The molecular weight excluding hydrogens is 716 g/mol. The summed E-state index contributed by atoms with van der Waals surface area (Å²) < 4.78 is 126. The van der Waals surface area contributed by atoms with Gasteiger partial charge in [0, 0.05) is 61.2 Å². The average Bonchev–Trinajstić information content (AvgIpc) is 3.78. The van der Waals surface area contributed by atoms with Crippen LogP contribution in [0.4, 0.5) is 40.9 Å². The van der Waals surface area contributed by atoms with Crippen molar-refractivity contribution in [2.24, 2.45) is 5.41 Å². The van der Waals surface area contributed by atoms with Gasteiger partial charge in [-0.05, 0) is 50.0 Å². The van der Waals surface area contributed by atoms with Crippen molar-refractivity contribution in [2.75, 3.05) is 44.2 Å². The summed E-state index contributed by atoms with van der Waals surface area (Å²) in [4.78, 5) is 18.1. The summed E-state index contributed by atoms with van der Waals surface area (Å²) in [6, 6.07) is 6.45. The Bertz CT molecular complexity index is 2040. The summed E-state index contributed by atoms with van der Waals surface area (Å²) in [5.41, 5.74) is -0.487. The Hall–Kier alpha value is -4.09. The summed E-state index contributed by atoms with van der Waals surface area (Å²) in [7, 11) is 0. The molecule has 0 radical (unpaired) electrons. The minimum Gasteiger partial charge on any atom is -0.463 e. The predicted molar refractivity (Wildman–Crippen MR) is 178 cm³/mol. The molecule has 3 atom stereocenters. The standard InChI is InChI=1S/C36H36F8N6O3/c1-2-20-15-50-21(14-45-20)7-9-25-27-30(28(38)29(46-25)23-5-3-4-19-6-8-24(37)31(26(19)23)53-36(42,43)44)47-33(48-32(27)50)51-18-34(11-12-34)17-49-13-10-22(16-49)52-35(39,40)41/h3-6,8,20-22,45H,2,7,9-18H2,1H3/t20-,21-,22+/m1/s1. The van der Waals surface area contributed by atoms with E-state index in [2.05, 4.69) is 31.6 Å². The maximum atomic E-state index is 17.1. The van der Waals surface area contributed by atoms with Crippen molar-refractivity contribution >= 4 is 27.5 Å². The SMILES string of the molecule is CC[C@@H]1CN2c3nc(OCC4(CN5CC[C@H](OC(F)(F)F)C5)CC4)nc4c(F)c(-c5cccc6ccc(F)c(OC(F)(F)F)c56)nc(c34)CC[C@@H]2CN1. The van der Waals surface area contributed by atoms with Crippen molar-refractivity contribution in [1.29, 1.82) is 0 Å². The molecule has 0 spiro atoms. The number of aryl methyl sites for hydroxylation is 1. The second kappa shape index (κ2) is 13.3. The number of anilines is 1. The summed E-state index contributed by atoms with van der Waals surface area (Å²) in [6.07, 6.45) is -7.29.